The molecule has 1 aliphatic heterocycles. The van der Waals surface area contributed by atoms with Gasteiger partial charge in [-0.2, -0.15) is 0 Å². The van der Waals surface area contributed by atoms with E-state index in [1.165, 1.54) is 0 Å². The van der Waals surface area contributed by atoms with Crippen molar-refractivity contribution in [2.24, 2.45) is 0 Å². The van der Waals surface area contributed by atoms with Gasteiger partial charge in [-0.3, -0.25) is 4.79 Å². The third kappa shape index (κ3) is 2.50. The Labute approximate surface area is 131 Å². The first-order chi connectivity index (χ1) is 10.1. The summed E-state index contributed by atoms with van der Waals surface area (Å²) in [5, 5.41) is 0.917. The molecule has 0 saturated heterocycles. The number of hydrogen-bond acceptors (Lipinski definition) is 3. The van der Waals surface area contributed by atoms with Crippen molar-refractivity contribution in [3.8, 4) is 11.5 Å². The molecule has 1 heterocycles. The molecule has 0 radical (unpaired) electrons. The second-order valence-corrected chi connectivity index (χ2v) is 5.25. The second-order valence-electron chi connectivity index (χ2n) is 4.44. The Balaban J connectivity index is 2.03. The van der Waals surface area contributed by atoms with Crippen LogP contribution in [-0.2, 0) is 0 Å². The van der Waals surface area contributed by atoms with Gasteiger partial charge in [0.1, 0.15) is 11.5 Å². The molecule has 0 fully saturated rings. The van der Waals surface area contributed by atoms with E-state index in [1.54, 1.807) is 49.6 Å². The highest BCUT2D eigenvalue weighted by atomic mass is 35.5. The molecule has 0 bridgehead atoms. The molecule has 0 aliphatic carbocycles. The van der Waals surface area contributed by atoms with Crippen molar-refractivity contribution in [1.82, 2.24) is 0 Å². The fraction of sp³-hybridized carbons (Fsp3) is 0.0625. The van der Waals surface area contributed by atoms with Crippen LogP contribution in [0.4, 0.5) is 0 Å². The minimum Gasteiger partial charge on any atom is -0.497 e. The van der Waals surface area contributed by atoms with Crippen molar-refractivity contribution in [1.29, 1.82) is 0 Å². The van der Waals surface area contributed by atoms with Gasteiger partial charge in [-0.25, -0.2) is 0 Å². The lowest BCUT2D eigenvalue weighted by molar-refractivity contribution is 0.101. The van der Waals surface area contributed by atoms with E-state index in [0.29, 0.717) is 32.7 Å². The third-order valence-corrected chi connectivity index (χ3v) is 3.81. The zero-order valence-electron chi connectivity index (χ0n) is 11.0. The van der Waals surface area contributed by atoms with Crippen molar-refractivity contribution in [3.05, 3.63) is 63.3 Å². The van der Waals surface area contributed by atoms with Gasteiger partial charge >= 0.3 is 0 Å². The summed E-state index contributed by atoms with van der Waals surface area (Å²) in [6.45, 7) is 0. The van der Waals surface area contributed by atoms with Crippen LogP contribution in [0.3, 0.4) is 0 Å². The summed E-state index contributed by atoms with van der Waals surface area (Å²) >= 11 is 12.2. The number of Topliss-reactive ketones (excluding diaryl/α,β-unsaturated/α-hetero) is 1. The topological polar surface area (TPSA) is 35.5 Å². The average molecular weight is 321 g/mol. The van der Waals surface area contributed by atoms with Crippen molar-refractivity contribution in [3.63, 3.8) is 0 Å². The Morgan fingerprint density at radius 2 is 1.86 bits per heavy atom. The standard InChI is InChI=1S/C16H10Cl2O3/c1-20-9-5-6-14-11(7-9)16(19)15(21-14)8-10-12(17)3-2-4-13(10)18/h2-8H,1H3/b15-8+. The van der Waals surface area contributed by atoms with Gasteiger partial charge in [0.2, 0.25) is 5.78 Å². The van der Waals surface area contributed by atoms with Crippen LogP contribution in [0.2, 0.25) is 10.0 Å². The second kappa shape index (κ2) is 5.43. The fourth-order valence-corrected chi connectivity index (χ4v) is 2.58. The summed E-state index contributed by atoms with van der Waals surface area (Å²) < 4.78 is 10.7. The number of carbonyl (C=O) groups excluding carboxylic acids is 1. The number of benzene rings is 2. The van der Waals surface area contributed by atoms with Crippen LogP contribution in [0.1, 0.15) is 15.9 Å². The zero-order chi connectivity index (χ0) is 15.0. The molecular weight excluding hydrogens is 311 g/mol. The molecule has 0 atom stereocenters. The quantitative estimate of drug-likeness (QED) is 0.757. The van der Waals surface area contributed by atoms with Crippen LogP contribution in [0.5, 0.6) is 11.5 Å². The molecule has 106 valence electrons. The summed E-state index contributed by atoms with van der Waals surface area (Å²) in [6.07, 6.45) is 1.56. The molecule has 5 heteroatoms. The molecule has 21 heavy (non-hydrogen) atoms. The summed E-state index contributed by atoms with van der Waals surface area (Å²) in [5.74, 6) is 1.06. The molecule has 0 amide bonds. The van der Waals surface area contributed by atoms with Gasteiger partial charge in [-0.15, -0.1) is 0 Å². The highest BCUT2D eigenvalue weighted by Gasteiger charge is 2.28. The maximum atomic E-state index is 12.4. The van der Waals surface area contributed by atoms with Gasteiger partial charge in [0.05, 0.1) is 12.7 Å². The highest BCUT2D eigenvalue weighted by Crippen LogP contribution is 2.36. The van der Waals surface area contributed by atoms with E-state index in [4.69, 9.17) is 32.7 Å². The Morgan fingerprint density at radius 1 is 1.14 bits per heavy atom. The molecule has 2 aromatic rings. The Bertz CT molecular complexity index is 746. The maximum Gasteiger partial charge on any atom is 0.232 e. The SMILES string of the molecule is COc1ccc2c(c1)C(=O)/C(=C\c1c(Cl)cccc1Cl)O2. The zero-order valence-corrected chi connectivity index (χ0v) is 12.5. The lowest BCUT2D eigenvalue weighted by Gasteiger charge is -2.03. The van der Waals surface area contributed by atoms with Crippen molar-refractivity contribution < 1.29 is 14.3 Å². The van der Waals surface area contributed by atoms with E-state index in [9.17, 15) is 4.79 Å². The van der Waals surface area contributed by atoms with E-state index in [0.717, 1.165) is 0 Å². The number of ketones is 1. The summed E-state index contributed by atoms with van der Waals surface area (Å²) in [7, 11) is 1.54. The molecule has 0 N–H and O–H groups in total. The van der Waals surface area contributed by atoms with Crippen LogP contribution in [0, 0.1) is 0 Å². The number of ether oxygens (including phenoxy) is 2. The largest absolute Gasteiger partial charge is 0.497 e. The van der Waals surface area contributed by atoms with Crippen LogP contribution >= 0.6 is 23.2 Å². The van der Waals surface area contributed by atoms with Gasteiger partial charge in [-0.05, 0) is 36.4 Å². The highest BCUT2D eigenvalue weighted by molar-refractivity contribution is 6.37. The number of carbonyl (C=O) groups is 1. The smallest absolute Gasteiger partial charge is 0.232 e. The van der Waals surface area contributed by atoms with Crippen LogP contribution in [0.25, 0.3) is 6.08 Å². The van der Waals surface area contributed by atoms with Crippen LogP contribution in [-0.4, -0.2) is 12.9 Å². The normalized spacial score (nSPS) is 15.0. The molecule has 3 rings (SSSR count). The minimum absolute atomic E-state index is 0.188. The van der Waals surface area contributed by atoms with Gasteiger partial charge in [-0.1, -0.05) is 29.3 Å². The maximum absolute atomic E-state index is 12.4. The molecule has 2 aromatic carbocycles. The molecule has 0 aromatic heterocycles. The third-order valence-electron chi connectivity index (χ3n) is 3.15. The van der Waals surface area contributed by atoms with Gasteiger partial charge in [0, 0.05) is 15.6 Å². The molecule has 3 nitrogen and oxygen atoms in total. The minimum atomic E-state index is -0.222. The van der Waals surface area contributed by atoms with E-state index < -0.39 is 0 Å². The van der Waals surface area contributed by atoms with Crippen molar-refractivity contribution in [2.75, 3.05) is 7.11 Å². The Morgan fingerprint density at radius 3 is 2.52 bits per heavy atom. The van der Waals surface area contributed by atoms with Crippen LogP contribution < -0.4 is 9.47 Å². The molecular formula is C16H10Cl2O3. The predicted octanol–water partition coefficient (Wildman–Crippen LogP) is 4.62. The number of halogens is 2. The summed E-state index contributed by atoms with van der Waals surface area (Å²) in [6, 6.07) is 10.2. The Kier molecular flexibility index (Phi) is 3.62. The monoisotopic (exact) mass is 320 g/mol. The van der Waals surface area contributed by atoms with E-state index in [-0.39, 0.29) is 11.5 Å². The average Bonchev–Trinajstić information content (AvgIpc) is 2.79. The van der Waals surface area contributed by atoms with Gasteiger partial charge in [0.15, 0.2) is 5.76 Å². The number of hydrogen-bond donors (Lipinski definition) is 0. The number of methoxy groups -OCH3 is 1. The number of allylic oxidation sites excluding steroid dienone is 1. The fourth-order valence-electron chi connectivity index (χ4n) is 2.07. The van der Waals surface area contributed by atoms with Gasteiger partial charge < -0.3 is 9.47 Å². The molecule has 1 aliphatic rings. The number of fused-ring (bicyclic) bond motifs is 1. The first-order valence-electron chi connectivity index (χ1n) is 6.16. The first-order valence-corrected chi connectivity index (χ1v) is 6.92. The summed E-state index contributed by atoms with van der Waals surface area (Å²) in [4.78, 5) is 12.4. The van der Waals surface area contributed by atoms with Crippen molar-refractivity contribution in [2.45, 2.75) is 0 Å². The van der Waals surface area contributed by atoms with Gasteiger partial charge in [0.25, 0.3) is 0 Å². The molecule has 0 spiro atoms. The lowest BCUT2D eigenvalue weighted by Crippen LogP contribution is -1.98. The lowest BCUT2D eigenvalue weighted by atomic mass is 10.1. The molecule has 0 saturated carbocycles. The first kappa shape index (κ1) is 14.0. The van der Waals surface area contributed by atoms with Crippen LogP contribution in [0.15, 0.2) is 42.2 Å². The molecule has 0 unspecified atom stereocenters. The predicted molar refractivity (Wildman–Crippen MR) is 82.4 cm³/mol. The number of rotatable bonds is 2. The Hall–Kier alpha value is -1.97. The van der Waals surface area contributed by atoms with E-state index >= 15 is 0 Å². The van der Waals surface area contributed by atoms with E-state index in [1.807, 2.05) is 0 Å². The van der Waals surface area contributed by atoms with E-state index in [2.05, 4.69) is 0 Å². The summed E-state index contributed by atoms with van der Waals surface area (Å²) in [5.41, 5.74) is 1.02. The van der Waals surface area contributed by atoms with Crippen molar-refractivity contribution >= 4 is 35.1 Å².